The standard InChI is InChI=1S/C12H20N4O2S/c1-12(2,3)9-8(10(17)15-13)19-11(14-9)16-4-6-18-7-5-16/h4-7,13H2,1-3H3,(H,15,17). The number of anilines is 1. The summed E-state index contributed by atoms with van der Waals surface area (Å²) < 4.78 is 5.33. The van der Waals surface area contributed by atoms with E-state index in [1.807, 2.05) is 20.8 Å². The topological polar surface area (TPSA) is 80.5 Å². The predicted octanol–water partition coefficient (Wildman–Crippen LogP) is 0.881. The summed E-state index contributed by atoms with van der Waals surface area (Å²) in [6, 6.07) is 0. The average molecular weight is 284 g/mol. The highest BCUT2D eigenvalue weighted by molar-refractivity contribution is 7.17. The van der Waals surface area contributed by atoms with Gasteiger partial charge in [0.15, 0.2) is 5.13 Å². The van der Waals surface area contributed by atoms with E-state index in [-0.39, 0.29) is 11.3 Å². The lowest BCUT2D eigenvalue weighted by atomic mass is 9.91. The van der Waals surface area contributed by atoms with E-state index in [0.717, 1.165) is 23.9 Å². The molecule has 7 heteroatoms. The number of hydrazine groups is 1. The fraction of sp³-hybridized carbons (Fsp3) is 0.667. The molecule has 2 rings (SSSR count). The second kappa shape index (κ2) is 5.44. The quantitative estimate of drug-likeness (QED) is 0.479. The van der Waals surface area contributed by atoms with Gasteiger partial charge in [-0.05, 0) is 0 Å². The van der Waals surface area contributed by atoms with Crippen LogP contribution in [0.25, 0.3) is 0 Å². The molecule has 0 aliphatic carbocycles. The first-order valence-corrected chi connectivity index (χ1v) is 7.10. The molecule has 1 fully saturated rings. The van der Waals surface area contributed by atoms with Gasteiger partial charge in [0.2, 0.25) is 0 Å². The maximum atomic E-state index is 11.9. The van der Waals surface area contributed by atoms with Crippen LogP contribution in [0, 0.1) is 0 Å². The fourth-order valence-electron chi connectivity index (χ4n) is 1.93. The minimum atomic E-state index is -0.276. The number of nitrogens with one attached hydrogen (secondary N) is 1. The monoisotopic (exact) mass is 284 g/mol. The molecule has 1 amide bonds. The summed E-state index contributed by atoms with van der Waals surface area (Å²) in [5.41, 5.74) is 2.80. The Labute approximate surface area is 116 Å². The van der Waals surface area contributed by atoms with Gasteiger partial charge in [0.1, 0.15) is 4.88 Å². The van der Waals surface area contributed by atoms with Crippen LogP contribution in [0.2, 0.25) is 0 Å². The number of nitrogen functional groups attached to an aromatic ring is 1. The molecular formula is C12H20N4O2S. The molecule has 0 atom stereocenters. The van der Waals surface area contributed by atoms with Crippen LogP contribution < -0.4 is 16.2 Å². The van der Waals surface area contributed by atoms with Crippen LogP contribution in [-0.2, 0) is 10.2 Å². The maximum absolute atomic E-state index is 11.9. The second-order valence-corrected chi connectivity index (χ2v) is 6.47. The van der Waals surface area contributed by atoms with Crippen LogP contribution in [0.3, 0.4) is 0 Å². The number of hydrogen-bond donors (Lipinski definition) is 2. The van der Waals surface area contributed by atoms with Crippen molar-refractivity contribution in [3.8, 4) is 0 Å². The zero-order valence-corrected chi connectivity index (χ0v) is 12.3. The molecule has 0 radical (unpaired) electrons. The number of morpholine rings is 1. The molecule has 1 aliphatic heterocycles. The van der Waals surface area contributed by atoms with E-state index in [1.54, 1.807) is 0 Å². The summed E-state index contributed by atoms with van der Waals surface area (Å²) >= 11 is 1.39. The Kier molecular flexibility index (Phi) is 4.07. The van der Waals surface area contributed by atoms with Gasteiger partial charge in [-0.1, -0.05) is 32.1 Å². The lowest BCUT2D eigenvalue weighted by molar-refractivity contribution is 0.0955. The van der Waals surface area contributed by atoms with Crippen molar-refractivity contribution in [2.45, 2.75) is 26.2 Å². The Bertz CT molecular complexity index is 461. The van der Waals surface area contributed by atoms with Crippen molar-refractivity contribution in [2.24, 2.45) is 5.84 Å². The van der Waals surface area contributed by atoms with Gasteiger partial charge < -0.3 is 9.64 Å². The number of hydrogen-bond acceptors (Lipinski definition) is 6. The molecule has 1 saturated heterocycles. The van der Waals surface area contributed by atoms with Gasteiger partial charge in [0.05, 0.1) is 18.9 Å². The lowest BCUT2D eigenvalue weighted by Crippen LogP contribution is -2.36. The average Bonchev–Trinajstić information content (AvgIpc) is 2.84. The van der Waals surface area contributed by atoms with Crippen LogP contribution in [-0.4, -0.2) is 37.2 Å². The van der Waals surface area contributed by atoms with Crippen LogP contribution in [0.5, 0.6) is 0 Å². The van der Waals surface area contributed by atoms with Crippen molar-refractivity contribution in [3.05, 3.63) is 10.6 Å². The minimum absolute atomic E-state index is 0.192. The van der Waals surface area contributed by atoms with E-state index in [1.165, 1.54) is 11.3 Å². The van der Waals surface area contributed by atoms with Crippen molar-refractivity contribution >= 4 is 22.4 Å². The molecule has 3 N–H and O–H groups in total. The number of aromatic nitrogens is 1. The van der Waals surface area contributed by atoms with Crippen LogP contribution in [0.15, 0.2) is 0 Å². The van der Waals surface area contributed by atoms with E-state index in [4.69, 9.17) is 10.6 Å². The Morgan fingerprint density at radius 3 is 2.58 bits per heavy atom. The zero-order chi connectivity index (χ0) is 14.0. The largest absolute Gasteiger partial charge is 0.378 e. The Morgan fingerprint density at radius 1 is 1.42 bits per heavy atom. The zero-order valence-electron chi connectivity index (χ0n) is 11.5. The van der Waals surface area contributed by atoms with Gasteiger partial charge >= 0.3 is 0 Å². The van der Waals surface area contributed by atoms with E-state index < -0.39 is 0 Å². The number of carbonyl (C=O) groups is 1. The van der Waals surface area contributed by atoms with E-state index >= 15 is 0 Å². The molecule has 0 saturated carbocycles. The highest BCUT2D eigenvalue weighted by Crippen LogP contribution is 2.34. The number of amides is 1. The molecule has 1 aromatic rings. The molecule has 1 aromatic heterocycles. The Balaban J connectivity index is 2.36. The first-order valence-electron chi connectivity index (χ1n) is 6.28. The molecule has 0 unspecified atom stereocenters. The number of nitrogens with two attached hydrogens (primary N) is 1. The number of carbonyl (C=O) groups excluding carboxylic acids is 1. The molecule has 0 bridgehead atoms. The molecule has 6 nitrogen and oxygen atoms in total. The van der Waals surface area contributed by atoms with Gasteiger partial charge in [0, 0.05) is 18.5 Å². The third-order valence-corrected chi connectivity index (χ3v) is 4.06. The van der Waals surface area contributed by atoms with Crippen molar-refractivity contribution < 1.29 is 9.53 Å². The molecular weight excluding hydrogens is 264 g/mol. The van der Waals surface area contributed by atoms with Crippen LogP contribution >= 0.6 is 11.3 Å². The third-order valence-electron chi connectivity index (χ3n) is 2.95. The summed E-state index contributed by atoms with van der Waals surface area (Å²) in [4.78, 5) is 19.3. The van der Waals surface area contributed by atoms with E-state index in [9.17, 15) is 4.79 Å². The maximum Gasteiger partial charge on any atom is 0.277 e. The summed E-state index contributed by atoms with van der Waals surface area (Å²) in [5.74, 6) is 4.97. The first-order chi connectivity index (χ1) is 8.93. The molecule has 106 valence electrons. The van der Waals surface area contributed by atoms with Gasteiger partial charge in [-0.25, -0.2) is 10.8 Å². The number of nitrogens with zero attached hydrogens (tertiary/aromatic N) is 2. The number of ether oxygens (including phenoxy) is 1. The second-order valence-electron chi connectivity index (χ2n) is 5.50. The fourth-order valence-corrected chi connectivity index (χ4v) is 3.16. The molecule has 1 aliphatic rings. The van der Waals surface area contributed by atoms with Crippen LogP contribution in [0.4, 0.5) is 5.13 Å². The van der Waals surface area contributed by atoms with Gasteiger partial charge in [-0.2, -0.15) is 0 Å². The molecule has 0 aromatic carbocycles. The minimum Gasteiger partial charge on any atom is -0.378 e. The van der Waals surface area contributed by atoms with Crippen molar-refractivity contribution in [1.82, 2.24) is 10.4 Å². The summed E-state index contributed by atoms with van der Waals surface area (Å²) in [6.07, 6.45) is 0. The van der Waals surface area contributed by atoms with Gasteiger partial charge in [0.25, 0.3) is 5.91 Å². The Hall–Kier alpha value is -1.18. The van der Waals surface area contributed by atoms with Crippen LogP contribution in [0.1, 0.15) is 36.1 Å². The van der Waals surface area contributed by atoms with Crippen molar-refractivity contribution in [2.75, 3.05) is 31.2 Å². The predicted molar refractivity (Wildman–Crippen MR) is 75.5 cm³/mol. The Morgan fingerprint density at radius 2 is 2.05 bits per heavy atom. The number of rotatable bonds is 2. The van der Waals surface area contributed by atoms with Crippen molar-refractivity contribution in [1.29, 1.82) is 0 Å². The smallest absolute Gasteiger partial charge is 0.277 e. The SMILES string of the molecule is CC(C)(C)c1nc(N2CCOCC2)sc1C(=O)NN. The first kappa shape index (κ1) is 14.2. The summed E-state index contributed by atoms with van der Waals surface area (Å²) in [7, 11) is 0. The van der Waals surface area contributed by atoms with E-state index in [0.29, 0.717) is 18.1 Å². The summed E-state index contributed by atoms with van der Waals surface area (Å²) in [6.45, 7) is 9.13. The third kappa shape index (κ3) is 3.05. The normalized spacial score (nSPS) is 16.5. The highest BCUT2D eigenvalue weighted by Gasteiger charge is 2.28. The molecule has 2 heterocycles. The highest BCUT2D eigenvalue weighted by atomic mass is 32.1. The summed E-state index contributed by atoms with van der Waals surface area (Å²) in [5, 5.41) is 0.867. The molecule has 19 heavy (non-hydrogen) atoms. The lowest BCUT2D eigenvalue weighted by Gasteiger charge is -2.26. The molecule has 0 spiro atoms. The van der Waals surface area contributed by atoms with Gasteiger partial charge in [-0.3, -0.25) is 10.2 Å². The van der Waals surface area contributed by atoms with Gasteiger partial charge in [-0.15, -0.1) is 0 Å². The van der Waals surface area contributed by atoms with E-state index in [2.05, 4.69) is 15.3 Å². The van der Waals surface area contributed by atoms with Crippen molar-refractivity contribution in [3.63, 3.8) is 0 Å². The number of thiazole rings is 1.